The lowest BCUT2D eigenvalue weighted by Crippen LogP contribution is -2.46. The number of hydrogen-bond donors (Lipinski definition) is 1. The van der Waals surface area contributed by atoms with E-state index in [9.17, 15) is 14.7 Å². The van der Waals surface area contributed by atoms with E-state index < -0.39 is 12.0 Å². The van der Waals surface area contributed by atoms with E-state index in [4.69, 9.17) is 0 Å². The summed E-state index contributed by atoms with van der Waals surface area (Å²) in [6.07, 6.45) is 2.80. The highest BCUT2D eigenvalue weighted by Crippen LogP contribution is 2.13. The summed E-state index contributed by atoms with van der Waals surface area (Å²) in [5.74, 6) is 0.0538. The van der Waals surface area contributed by atoms with Gasteiger partial charge >= 0.3 is 5.97 Å². The van der Waals surface area contributed by atoms with E-state index in [0.29, 0.717) is 19.4 Å². The highest BCUT2D eigenvalue weighted by molar-refractivity contribution is 7.98. The van der Waals surface area contributed by atoms with Crippen molar-refractivity contribution in [2.45, 2.75) is 39.7 Å². The molecule has 0 rings (SSSR count). The number of amides is 1. The Morgan fingerprint density at radius 2 is 1.94 bits per heavy atom. The summed E-state index contributed by atoms with van der Waals surface area (Å²) in [5, 5.41) is 9.22. The fraction of sp³-hybridized carbons (Fsp3) is 0.833. The van der Waals surface area contributed by atoms with Gasteiger partial charge in [0.25, 0.3) is 0 Å². The molecule has 0 saturated heterocycles. The predicted molar refractivity (Wildman–Crippen MR) is 71.3 cm³/mol. The number of carboxylic acid groups (broad SMARTS) is 1. The third-order valence-electron chi connectivity index (χ3n) is 2.44. The van der Waals surface area contributed by atoms with Gasteiger partial charge in [0.1, 0.15) is 6.04 Å². The number of nitrogens with zero attached hydrogens (tertiary/aromatic N) is 1. The molecule has 0 spiro atoms. The summed E-state index contributed by atoms with van der Waals surface area (Å²) in [7, 11) is 0. The van der Waals surface area contributed by atoms with E-state index in [2.05, 4.69) is 0 Å². The summed E-state index contributed by atoms with van der Waals surface area (Å²) in [6, 6.07) is -0.683. The second-order valence-corrected chi connectivity index (χ2v) is 5.41. The Hall–Kier alpha value is -0.710. The second-order valence-electron chi connectivity index (χ2n) is 4.43. The first-order valence-corrected chi connectivity index (χ1v) is 7.34. The van der Waals surface area contributed by atoms with Crippen LogP contribution in [-0.2, 0) is 9.59 Å². The molecule has 1 atom stereocenters. The molecule has 17 heavy (non-hydrogen) atoms. The van der Waals surface area contributed by atoms with Crippen LogP contribution >= 0.6 is 11.8 Å². The Morgan fingerprint density at radius 1 is 1.35 bits per heavy atom. The van der Waals surface area contributed by atoms with Gasteiger partial charge in [0.05, 0.1) is 0 Å². The van der Waals surface area contributed by atoms with Crippen LogP contribution in [0.2, 0.25) is 0 Å². The fourth-order valence-corrected chi connectivity index (χ4v) is 2.10. The van der Waals surface area contributed by atoms with Crippen molar-refractivity contribution in [2.75, 3.05) is 18.6 Å². The van der Waals surface area contributed by atoms with Crippen molar-refractivity contribution in [1.82, 2.24) is 4.90 Å². The van der Waals surface area contributed by atoms with Gasteiger partial charge < -0.3 is 10.0 Å². The molecule has 5 heteroatoms. The minimum Gasteiger partial charge on any atom is -0.480 e. The third-order valence-corrected chi connectivity index (χ3v) is 3.09. The van der Waals surface area contributed by atoms with Crippen LogP contribution < -0.4 is 0 Å². The Kier molecular flexibility index (Phi) is 8.04. The maximum Gasteiger partial charge on any atom is 0.326 e. The molecule has 1 unspecified atom stereocenters. The molecule has 0 fully saturated rings. The maximum absolute atomic E-state index is 11.8. The minimum absolute atomic E-state index is 0.0767. The molecule has 0 saturated carbocycles. The van der Waals surface area contributed by atoms with Crippen LogP contribution in [0.4, 0.5) is 0 Å². The number of carbonyl (C=O) groups excluding carboxylic acids is 1. The first kappa shape index (κ1) is 16.3. The van der Waals surface area contributed by atoms with Crippen LogP contribution in [0.15, 0.2) is 0 Å². The molecule has 0 aliphatic heterocycles. The van der Waals surface area contributed by atoms with E-state index in [1.54, 1.807) is 18.7 Å². The van der Waals surface area contributed by atoms with Crippen LogP contribution in [0.3, 0.4) is 0 Å². The van der Waals surface area contributed by atoms with Crippen molar-refractivity contribution >= 4 is 23.6 Å². The molecule has 0 radical (unpaired) electrons. The predicted octanol–water partition coefficient (Wildman–Crippen LogP) is 2.09. The highest BCUT2D eigenvalue weighted by Gasteiger charge is 2.28. The molecule has 0 aliphatic carbocycles. The molecule has 100 valence electrons. The van der Waals surface area contributed by atoms with E-state index >= 15 is 0 Å². The Bertz CT molecular complexity index is 256. The highest BCUT2D eigenvalue weighted by atomic mass is 32.2. The van der Waals surface area contributed by atoms with Gasteiger partial charge in [0.2, 0.25) is 5.91 Å². The number of carboxylic acids is 1. The van der Waals surface area contributed by atoms with Crippen LogP contribution in [0, 0.1) is 5.92 Å². The molecule has 0 bridgehead atoms. The number of rotatable bonds is 8. The standard InChI is InChI=1S/C12H23NO3S/c1-5-11(14)13(8-9(2)3)10(12(15)16)6-7-17-4/h9-10H,5-8H2,1-4H3,(H,15,16). The first-order valence-electron chi connectivity index (χ1n) is 5.95. The lowest BCUT2D eigenvalue weighted by Gasteiger charge is -2.30. The molecule has 0 heterocycles. The average molecular weight is 261 g/mol. The van der Waals surface area contributed by atoms with Crippen molar-refractivity contribution in [1.29, 1.82) is 0 Å². The van der Waals surface area contributed by atoms with Crippen LogP contribution in [0.1, 0.15) is 33.6 Å². The van der Waals surface area contributed by atoms with Crippen LogP contribution in [0.5, 0.6) is 0 Å². The molecule has 1 amide bonds. The SMILES string of the molecule is CCC(=O)N(CC(C)C)C(CCSC)C(=O)O. The largest absolute Gasteiger partial charge is 0.480 e. The van der Waals surface area contributed by atoms with Crippen LogP contribution in [-0.4, -0.2) is 46.5 Å². The van der Waals surface area contributed by atoms with Crippen LogP contribution in [0.25, 0.3) is 0 Å². The lowest BCUT2D eigenvalue weighted by atomic mass is 10.1. The molecule has 0 aromatic heterocycles. The summed E-state index contributed by atoms with van der Waals surface area (Å²) >= 11 is 1.60. The quantitative estimate of drug-likeness (QED) is 0.727. The third kappa shape index (κ3) is 5.96. The van der Waals surface area contributed by atoms with Gasteiger partial charge in [-0.2, -0.15) is 11.8 Å². The van der Waals surface area contributed by atoms with Crippen molar-refractivity contribution in [3.05, 3.63) is 0 Å². The zero-order valence-electron chi connectivity index (χ0n) is 11.1. The zero-order valence-corrected chi connectivity index (χ0v) is 11.9. The van der Waals surface area contributed by atoms with Gasteiger partial charge in [-0.25, -0.2) is 4.79 Å². The normalized spacial score (nSPS) is 12.5. The topological polar surface area (TPSA) is 57.6 Å². The number of aliphatic carboxylic acids is 1. The number of carbonyl (C=O) groups is 2. The Labute approximate surface area is 108 Å². The number of thioether (sulfide) groups is 1. The molecular formula is C12H23NO3S. The van der Waals surface area contributed by atoms with Crippen molar-refractivity contribution in [2.24, 2.45) is 5.92 Å². The van der Waals surface area contributed by atoms with Gasteiger partial charge in [-0.15, -0.1) is 0 Å². The lowest BCUT2D eigenvalue weighted by molar-refractivity contribution is -0.150. The first-order chi connectivity index (χ1) is 7.93. The van der Waals surface area contributed by atoms with Gasteiger partial charge in [0, 0.05) is 13.0 Å². The summed E-state index contributed by atoms with van der Waals surface area (Å²) in [6.45, 7) is 6.26. The molecule has 1 N–H and O–H groups in total. The second kappa shape index (κ2) is 8.39. The minimum atomic E-state index is -0.901. The molecule has 4 nitrogen and oxygen atoms in total. The van der Waals surface area contributed by atoms with E-state index in [-0.39, 0.29) is 11.8 Å². The number of hydrogen-bond acceptors (Lipinski definition) is 3. The monoisotopic (exact) mass is 261 g/mol. The average Bonchev–Trinajstić information content (AvgIpc) is 2.26. The van der Waals surface area contributed by atoms with Crippen molar-refractivity contribution in [3.63, 3.8) is 0 Å². The summed E-state index contributed by atoms with van der Waals surface area (Å²) < 4.78 is 0. The molecule has 0 aromatic rings. The molecule has 0 aromatic carbocycles. The van der Waals surface area contributed by atoms with Gasteiger partial charge in [0.15, 0.2) is 0 Å². The molecular weight excluding hydrogens is 238 g/mol. The van der Waals surface area contributed by atoms with E-state index in [1.165, 1.54) is 4.90 Å². The van der Waals surface area contributed by atoms with Gasteiger partial charge in [-0.1, -0.05) is 20.8 Å². The maximum atomic E-state index is 11.8. The fourth-order valence-electron chi connectivity index (χ4n) is 1.64. The van der Waals surface area contributed by atoms with E-state index in [0.717, 1.165) is 5.75 Å². The van der Waals surface area contributed by atoms with E-state index in [1.807, 2.05) is 20.1 Å². The van der Waals surface area contributed by atoms with Gasteiger partial charge in [-0.3, -0.25) is 4.79 Å². The van der Waals surface area contributed by atoms with Crippen molar-refractivity contribution < 1.29 is 14.7 Å². The van der Waals surface area contributed by atoms with Gasteiger partial charge in [-0.05, 0) is 24.3 Å². The summed E-state index contributed by atoms with van der Waals surface area (Å²) in [4.78, 5) is 24.6. The van der Waals surface area contributed by atoms with Crippen molar-refractivity contribution in [3.8, 4) is 0 Å². The zero-order chi connectivity index (χ0) is 13.4. The Morgan fingerprint density at radius 3 is 2.29 bits per heavy atom. The summed E-state index contributed by atoms with van der Waals surface area (Å²) in [5.41, 5.74) is 0. The molecule has 0 aliphatic rings. The Balaban J connectivity index is 4.79. The smallest absolute Gasteiger partial charge is 0.326 e.